The zero-order valence-electron chi connectivity index (χ0n) is 12.9. The molecule has 1 unspecified atom stereocenters. The summed E-state index contributed by atoms with van der Waals surface area (Å²) in [5, 5.41) is 2.97. The predicted octanol–water partition coefficient (Wildman–Crippen LogP) is 1.88. The van der Waals surface area contributed by atoms with Gasteiger partial charge in [-0.3, -0.25) is 9.69 Å². The fraction of sp³-hybridized carbons (Fsp3) is 0.562. The first-order chi connectivity index (χ1) is 10.2. The smallest absolute Gasteiger partial charge is 0.270 e. The Morgan fingerprint density at radius 3 is 3.14 bits per heavy atom. The van der Waals surface area contributed by atoms with E-state index in [4.69, 9.17) is 0 Å². The van der Waals surface area contributed by atoms with E-state index < -0.39 is 0 Å². The topological polar surface area (TPSA) is 58.1 Å². The van der Waals surface area contributed by atoms with E-state index in [2.05, 4.69) is 40.1 Å². The lowest BCUT2D eigenvalue weighted by molar-refractivity contribution is 0.0942. The molecular formula is C16H24N4O. The van der Waals surface area contributed by atoms with Crippen LogP contribution in [0.15, 0.2) is 30.2 Å². The third kappa shape index (κ3) is 4.93. The van der Waals surface area contributed by atoms with Gasteiger partial charge in [0.2, 0.25) is 0 Å². The van der Waals surface area contributed by atoms with Crippen molar-refractivity contribution in [2.45, 2.75) is 26.7 Å². The summed E-state index contributed by atoms with van der Waals surface area (Å²) < 4.78 is 0. The zero-order chi connectivity index (χ0) is 15.1. The summed E-state index contributed by atoms with van der Waals surface area (Å²) in [4.78, 5) is 22.2. The Bertz CT molecular complexity index is 486. The summed E-state index contributed by atoms with van der Waals surface area (Å²) in [5.74, 6) is 0.420. The summed E-state index contributed by atoms with van der Waals surface area (Å²) in [6, 6.07) is 1.63. The molecule has 1 amide bonds. The molecule has 1 aromatic rings. The minimum Gasteiger partial charge on any atom is -0.350 e. The van der Waals surface area contributed by atoms with E-state index in [1.807, 2.05) is 0 Å². The minimum atomic E-state index is -0.113. The number of nitrogens with zero attached hydrogens (tertiary/aromatic N) is 3. The van der Waals surface area contributed by atoms with Crippen LogP contribution >= 0.6 is 0 Å². The van der Waals surface area contributed by atoms with Gasteiger partial charge in [-0.05, 0) is 38.3 Å². The van der Waals surface area contributed by atoms with Crippen molar-refractivity contribution < 1.29 is 4.79 Å². The van der Waals surface area contributed by atoms with Crippen LogP contribution in [0, 0.1) is 5.92 Å². The highest BCUT2D eigenvalue weighted by molar-refractivity contribution is 5.92. The minimum absolute atomic E-state index is 0.113. The van der Waals surface area contributed by atoms with Crippen molar-refractivity contribution >= 4 is 5.91 Å². The molecule has 21 heavy (non-hydrogen) atoms. The number of carbonyl (C=O) groups excluding carboxylic acids is 1. The standard InChI is InChI=1S/C16H24N4O/c1-3-4-13(2)10-20-8-6-14(11-20)9-18-16(21)15-5-7-17-12-19-15/h4-5,7,12,14H,3,6,8-11H2,1-2H3,(H,18,21)/b13-4+. The lowest BCUT2D eigenvalue weighted by Gasteiger charge is -2.16. The largest absolute Gasteiger partial charge is 0.350 e. The highest BCUT2D eigenvalue weighted by atomic mass is 16.1. The normalized spacial score (nSPS) is 19.7. The molecule has 1 aliphatic heterocycles. The summed E-state index contributed by atoms with van der Waals surface area (Å²) in [6.07, 6.45) is 7.50. The molecule has 0 aromatic carbocycles. The van der Waals surface area contributed by atoms with Crippen LogP contribution in [0.5, 0.6) is 0 Å². The first-order valence-corrected chi connectivity index (χ1v) is 7.61. The van der Waals surface area contributed by atoms with Crippen molar-refractivity contribution in [3.05, 3.63) is 35.9 Å². The Morgan fingerprint density at radius 2 is 2.43 bits per heavy atom. The molecule has 0 bridgehead atoms. The van der Waals surface area contributed by atoms with Crippen molar-refractivity contribution in [3.8, 4) is 0 Å². The maximum absolute atomic E-state index is 11.9. The van der Waals surface area contributed by atoms with E-state index in [1.54, 1.807) is 12.3 Å². The van der Waals surface area contributed by atoms with Crippen LogP contribution in [0.1, 0.15) is 37.2 Å². The molecule has 0 aliphatic carbocycles. The second-order valence-corrected chi connectivity index (χ2v) is 5.65. The number of hydrogen-bond donors (Lipinski definition) is 1. The quantitative estimate of drug-likeness (QED) is 0.812. The van der Waals surface area contributed by atoms with Gasteiger partial charge in [-0.2, -0.15) is 0 Å². The molecule has 0 radical (unpaired) electrons. The van der Waals surface area contributed by atoms with E-state index in [-0.39, 0.29) is 5.91 Å². The molecule has 114 valence electrons. The summed E-state index contributed by atoms with van der Waals surface area (Å²) in [6.45, 7) is 8.29. The zero-order valence-corrected chi connectivity index (χ0v) is 12.9. The van der Waals surface area contributed by atoms with Gasteiger partial charge in [0.1, 0.15) is 12.0 Å². The molecule has 0 saturated carbocycles. The van der Waals surface area contributed by atoms with Gasteiger partial charge in [-0.15, -0.1) is 0 Å². The van der Waals surface area contributed by atoms with Gasteiger partial charge in [-0.1, -0.05) is 18.6 Å². The Balaban J connectivity index is 1.73. The molecule has 1 fully saturated rings. The number of carbonyl (C=O) groups is 1. The Hall–Kier alpha value is -1.75. The maximum atomic E-state index is 11.9. The molecular weight excluding hydrogens is 264 g/mol. The number of amides is 1. The SMILES string of the molecule is CC/C=C(\C)CN1CCC(CNC(=O)c2ccncn2)C1. The summed E-state index contributed by atoms with van der Waals surface area (Å²) >= 11 is 0. The fourth-order valence-electron chi connectivity index (χ4n) is 2.74. The van der Waals surface area contributed by atoms with Gasteiger partial charge in [0, 0.05) is 25.8 Å². The average molecular weight is 288 g/mol. The van der Waals surface area contributed by atoms with Gasteiger partial charge in [0.15, 0.2) is 0 Å². The van der Waals surface area contributed by atoms with Gasteiger partial charge < -0.3 is 5.32 Å². The first kappa shape index (κ1) is 15.6. The van der Waals surface area contributed by atoms with Crippen molar-refractivity contribution in [3.63, 3.8) is 0 Å². The van der Waals surface area contributed by atoms with E-state index in [1.165, 1.54) is 11.9 Å². The number of hydrogen-bond acceptors (Lipinski definition) is 4. The molecule has 1 atom stereocenters. The van der Waals surface area contributed by atoms with Crippen LogP contribution in [0.2, 0.25) is 0 Å². The van der Waals surface area contributed by atoms with Crippen LogP contribution in [0.3, 0.4) is 0 Å². The van der Waals surface area contributed by atoms with Crippen molar-refractivity contribution in [1.82, 2.24) is 20.2 Å². The second kappa shape index (κ2) is 7.88. The monoisotopic (exact) mass is 288 g/mol. The summed E-state index contributed by atoms with van der Waals surface area (Å²) in [5.41, 5.74) is 1.87. The van der Waals surface area contributed by atoms with Crippen LogP contribution in [0.25, 0.3) is 0 Å². The number of nitrogens with one attached hydrogen (secondary N) is 1. The molecule has 2 heterocycles. The van der Waals surface area contributed by atoms with E-state index >= 15 is 0 Å². The summed E-state index contributed by atoms with van der Waals surface area (Å²) in [7, 11) is 0. The Morgan fingerprint density at radius 1 is 1.57 bits per heavy atom. The highest BCUT2D eigenvalue weighted by Gasteiger charge is 2.22. The van der Waals surface area contributed by atoms with Gasteiger partial charge in [-0.25, -0.2) is 9.97 Å². The molecule has 1 aliphatic rings. The predicted molar refractivity (Wildman–Crippen MR) is 83.0 cm³/mol. The number of rotatable bonds is 6. The van der Waals surface area contributed by atoms with E-state index in [9.17, 15) is 4.79 Å². The lowest BCUT2D eigenvalue weighted by Crippen LogP contribution is -2.31. The van der Waals surface area contributed by atoms with E-state index in [0.717, 1.165) is 39.0 Å². The maximum Gasteiger partial charge on any atom is 0.270 e. The van der Waals surface area contributed by atoms with Crippen molar-refractivity contribution in [1.29, 1.82) is 0 Å². The lowest BCUT2D eigenvalue weighted by atomic mass is 10.1. The number of likely N-dealkylation sites (tertiary alicyclic amines) is 1. The molecule has 2 rings (SSSR count). The van der Waals surface area contributed by atoms with Gasteiger partial charge in [0.05, 0.1) is 0 Å². The molecule has 1 saturated heterocycles. The van der Waals surface area contributed by atoms with Gasteiger partial charge in [0.25, 0.3) is 5.91 Å². The fourth-order valence-corrected chi connectivity index (χ4v) is 2.74. The molecule has 5 nitrogen and oxygen atoms in total. The number of aromatic nitrogens is 2. The molecule has 1 N–H and O–H groups in total. The second-order valence-electron chi connectivity index (χ2n) is 5.65. The van der Waals surface area contributed by atoms with E-state index in [0.29, 0.717) is 11.6 Å². The third-order valence-electron chi connectivity index (χ3n) is 3.76. The first-order valence-electron chi connectivity index (χ1n) is 7.61. The van der Waals surface area contributed by atoms with Crippen LogP contribution in [-0.2, 0) is 0 Å². The molecule has 5 heteroatoms. The van der Waals surface area contributed by atoms with Gasteiger partial charge >= 0.3 is 0 Å². The molecule has 0 spiro atoms. The van der Waals surface area contributed by atoms with Crippen LogP contribution < -0.4 is 5.32 Å². The third-order valence-corrected chi connectivity index (χ3v) is 3.76. The number of allylic oxidation sites excluding steroid dienone is 1. The van der Waals surface area contributed by atoms with Crippen molar-refractivity contribution in [2.24, 2.45) is 5.92 Å². The average Bonchev–Trinajstić information content (AvgIpc) is 2.93. The Labute approximate surface area is 126 Å². The Kier molecular flexibility index (Phi) is 5.87. The van der Waals surface area contributed by atoms with Crippen LogP contribution in [0.4, 0.5) is 0 Å². The van der Waals surface area contributed by atoms with Crippen LogP contribution in [-0.4, -0.2) is 47.0 Å². The molecule has 1 aromatic heterocycles. The highest BCUT2D eigenvalue weighted by Crippen LogP contribution is 2.16. The van der Waals surface area contributed by atoms with Crippen molar-refractivity contribution in [2.75, 3.05) is 26.2 Å².